The van der Waals surface area contributed by atoms with Crippen LogP contribution < -0.4 is 4.90 Å². The van der Waals surface area contributed by atoms with Gasteiger partial charge in [0.2, 0.25) is 0 Å². The van der Waals surface area contributed by atoms with Crippen LogP contribution in [-0.2, 0) is 0 Å². The Balaban J connectivity index is 2.65. The van der Waals surface area contributed by atoms with Crippen molar-refractivity contribution in [3.63, 3.8) is 0 Å². The zero-order chi connectivity index (χ0) is 14.2. The molecule has 0 aliphatic rings. The lowest BCUT2D eigenvalue weighted by atomic mass is 10.1. The lowest BCUT2D eigenvalue weighted by molar-refractivity contribution is 0.195. The predicted molar refractivity (Wildman–Crippen MR) is 79.7 cm³/mol. The fourth-order valence-corrected chi connectivity index (χ4v) is 2.53. The number of fused-ring (bicyclic) bond motifs is 1. The summed E-state index contributed by atoms with van der Waals surface area (Å²) in [5.74, 6) is 0.422. The Kier molecular flexibility index (Phi) is 3.49. The van der Waals surface area contributed by atoms with Crippen molar-refractivity contribution < 1.29 is 9.90 Å². The number of nitrogens with zero attached hydrogens (tertiary/aromatic N) is 2. The van der Waals surface area contributed by atoms with E-state index in [0.717, 1.165) is 10.8 Å². The van der Waals surface area contributed by atoms with Gasteiger partial charge in [0.1, 0.15) is 10.4 Å². The topological polar surface area (TPSA) is 53.4 Å². The maximum atomic E-state index is 11.5. The van der Waals surface area contributed by atoms with E-state index in [2.05, 4.69) is 20.9 Å². The Bertz CT molecular complexity index is 635. The molecule has 1 amide bonds. The highest BCUT2D eigenvalue weighted by Gasteiger charge is 2.29. The molecule has 100 valence electrons. The minimum atomic E-state index is -1.01. The lowest BCUT2D eigenvalue weighted by Gasteiger charge is -2.32. The number of carboxylic acid groups (broad SMARTS) is 1. The summed E-state index contributed by atoms with van der Waals surface area (Å²) < 4.78 is 0.649. The average Bonchev–Trinajstić information content (AvgIpc) is 2.26. The van der Waals surface area contributed by atoms with Crippen LogP contribution in [0.4, 0.5) is 10.6 Å². The van der Waals surface area contributed by atoms with Crippen LogP contribution in [0, 0.1) is 0 Å². The third-order valence-corrected chi connectivity index (χ3v) is 3.38. The standard InChI is InChI=1S/C14H15BrN2O2/c1-14(2,3)17(13(18)19)11-8-9-6-4-5-7-10(9)12(15)16-11/h4-8H,1-3H3,(H,18,19). The second-order valence-electron chi connectivity index (χ2n) is 5.28. The lowest BCUT2D eigenvalue weighted by Crippen LogP contribution is -2.45. The summed E-state index contributed by atoms with van der Waals surface area (Å²) >= 11 is 3.40. The number of pyridine rings is 1. The summed E-state index contributed by atoms with van der Waals surface area (Å²) in [7, 11) is 0. The molecule has 2 aromatic rings. The summed E-state index contributed by atoms with van der Waals surface area (Å²) in [5, 5.41) is 11.3. The molecule has 1 aromatic heterocycles. The van der Waals surface area contributed by atoms with E-state index in [1.807, 2.05) is 45.0 Å². The number of benzene rings is 1. The zero-order valence-electron chi connectivity index (χ0n) is 11.0. The van der Waals surface area contributed by atoms with Gasteiger partial charge in [-0.2, -0.15) is 0 Å². The molecular formula is C14H15BrN2O2. The van der Waals surface area contributed by atoms with Crippen molar-refractivity contribution in [1.82, 2.24) is 4.98 Å². The fraction of sp³-hybridized carbons (Fsp3) is 0.286. The molecule has 0 unspecified atom stereocenters. The third kappa shape index (κ3) is 2.71. The maximum absolute atomic E-state index is 11.5. The second-order valence-corrected chi connectivity index (χ2v) is 6.03. The number of anilines is 1. The quantitative estimate of drug-likeness (QED) is 0.797. The van der Waals surface area contributed by atoms with Gasteiger partial charge in [-0.25, -0.2) is 9.78 Å². The Hall–Kier alpha value is -1.62. The van der Waals surface area contributed by atoms with E-state index < -0.39 is 11.6 Å². The van der Waals surface area contributed by atoms with Crippen molar-refractivity contribution in [3.8, 4) is 0 Å². The summed E-state index contributed by atoms with van der Waals surface area (Å²) in [5.41, 5.74) is -0.555. The Morgan fingerprint density at radius 3 is 2.53 bits per heavy atom. The summed E-state index contributed by atoms with van der Waals surface area (Å²) in [6.07, 6.45) is -1.01. The highest BCUT2D eigenvalue weighted by Crippen LogP contribution is 2.29. The number of hydrogen-bond donors (Lipinski definition) is 1. The van der Waals surface area contributed by atoms with E-state index in [1.54, 1.807) is 6.07 Å². The van der Waals surface area contributed by atoms with Crippen molar-refractivity contribution in [2.24, 2.45) is 0 Å². The number of hydrogen-bond acceptors (Lipinski definition) is 2. The summed E-state index contributed by atoms with van der Waals surface area (Å²) in [4.78, 5) is 17.1. The van der Waals surface area contributed by atoms with Gasteiger partial charge >= 0.3 is 6.09 Å². The zero-order valence-corrected chi connectivity index (χ0v) is 12.6. The molecular weight excluding hydrogens is 308 g/mol. The number of rotatable bonds is 1. The highest BCUT2D eigenvalue weighted by molar-refractivity contribution is 9.10. The van der Waals surface area contributed by atoms with Gasteiger partial charge < -0.3 is 5.11 Å². The van der Waals surface area contributed by atoms with Gasteiger partial charge in [0.05, 0.1) is 0 Å². The van der Waals surface area contributed by atoms with E-state index in [-0.39, 0.29) is 0 Å². The minimum absolute atomic E-state index is 0.422. The molecule has 0 atom stereocenters. The molecule has 19 heavy (non-hydrogen) atoms. The molecule has 0 fully saturated rings. The van der Waals surface area contributed by atoms with Crippen LogP contribution in [0.15, 0.2) is 34.9 Å². The Morgan fingerprint density at radius 2 is 1.95 bits per heavy atom. The van der Waals surface area contributed by atoms with Crippen molar-refractivity contribution in [1.29, 1.82) is 0 Å². The predicted octanol–water partition coefficient (Wildman–Crippen LogP) is 4.28. The van der Waals surface area contributed by atoms with Crippen LogP contribution in [-0.4, -0.2) is 21.7 Å². The van der Waals surface area contributed by atoms with Gasteiger partial charge in [0.25, 0.3) is 0 Å². The normalized spacial score (nSPS) is 11.6. The first-order chi connectivity index (χ1) is 8.80. The van der Waals surface area contributed by atoms with Crippen molar-refractivity contribution >= 4 is 38.6 Å². The Morgan fingerprint density at radius 1 is 1.32 bits per heavy atom. The van der Waals surface area contributed by atoms with Crippen molar-refractivity contribution in [3.05, 3.63) is 34.9 Å². The molecule has 1 aromatic carbocycles. The van der Waals surface area contributed by atoms with Crippen LogP contribution in [0.25, 0.3) is 10.8 Å². The molecule has 5 heteroatoms. The fourth-order valence-electron chi connectivity index (χ4n) is 1.99. The van der Waals surface area contributed by atoms with Gasteiger partial charge in [-0.05, 0) is 48.2 Å². The number of amides is 1. The average molecular weight is 323 g/mol. The van der Waals surface area contributed by atoms with E-state index in [1.165, 1.54) is 4.90 Å². The van der Waals surface area contributed by atoms with Gasteiger partial charge in [-0.3, -0.25) is 4.90 Å². The van der Waals surface area contributed by atoms with Crippen LogP contribution in [0.1, 0.15) is 20.8 Å². The molecule has 1 N–H and O–H groups in total. The van der Waals surface area contributed by atoms with E-state index in [9.17, 15) is 9.90 Å². The summed E-state index contributed by atoms with van der Waals surface area (Å²) in [6.45, 7) is 5.52. The number of aromatic nitrogens is 1. The largest absolute Gasteiger partial charge is 0.465 e. The third-order valence-electron chi connectivity index (χ3n) is 2.77. The van der Waals surface area contributed by atoms with Crippen molar-refractivity contribution in [2.45, 2.75) is 26.3 Å². The minimum Gasteiger partial charge on any atom is -0.465 e. The molecule has 0 saturated heterocycles. The van der Waals surface area contributed by atoms with Crippen molar-refractivity contribution in [2.75, 3.05) is 4.90 Å². The first kappa shape index (κ1) is 13.8. The van der Waals surface area contributed by atoms with Gasteiger partial charge in [0, 0.05) is 10.9 Å². The number of halogens is 1. The highest BCUT2D eigenvalue weighted by atomic mass is 79.9. The molecule has 0 spiro atoms. The van der Waals surface area contributed by atoms with Crippen LogP contribution in [0.3, 0.4) is 0 Å². The van der Waals surface area contributed by atoms with Crippen LogP contribution >= 0.6 is 15.9 Å². The SMILES string of the molecule is CC(C)(C)N(C(=O)O)c1cc2ccccc2c(Br)n1. The van der Waals surface area contributed by atoms with Gasteiger partial charge in [0.15, 0.2) is 0 Å². The molecule has 2 rings (SSSR count). The van der Waals surface area contributed by atoms with E-state index in [4.69, 9.17) is 0 Å². The molecule has 0 aliphatic carbocycles. The van der Waals surface area contributed by atoms with Crippen LogP contribution in [0.2, 0.25) is 0 Å². The van der Waals surface area contributed by atoms with Gasteiger partial charge in [-0.15, -0.1) is 0 Å². The van der Waals surface area contributed by atoms with E-state index in [0.29, 0.717) is 10.4 Å². The maximum Gasteiger partial charge on any atom is 0.413 e. The summed E-state index contributed by atoms with van der Waals surface area (Å²) in [6, 6.07) is 9.51. The molecule has 1 heterocycles. The molecule has 0 aliphatic heterocycles. The smallest absolute Gasteiger partial charge is 0.413 e. The molecule has 4 nitrogen and oxygen atoms in total. The molecule has 0 bridgehead atoms. The Labute approximate surface area is 120 Å². The molecule has 0 saturated carbocycles. The molecule has 0 radical (unpaired) electrons. The van der Waals surface area contributed by atoms with Crippen LogP contribution in [0.5, 0.6) is 0 Å². The monoisotopic (exact) mass is 322 g/mol. The first-order valence-corrected chi connectivity index (χ1v) is 6.68. The first-order valence-electron chi connectivity index (χ1n) is 5.89. The second kappa shape index (κ2) is 4.81. The van der Waals surface area contributed by atoms with Gasteiger partial charge in [-0.1, -0.05) is 24.3 Å². The van der Waals surface area contributed by atoms with E-state index >= 15 is 0 Å². The number of carbonyl (C=O) groups is 1.